The summed E-state index contributed by atoms with van der Waals surface area (Å²) in [5, 5.41) is 3.05. The van der Waals surface area contributed by atoms with Crippen LogP contribution in [0, 0.1) is 5.92 Å². The number of rotatable bonds is 17. The third-order valence-electron chi connectivity index (χ3n) is 5.33. The highest BCUT2D eigenvalue weighted by Crippen LogP contribution is 2.30. The van der Waals surface area contributed by atoms with Gasteiger partial charge in [0.05, 0.1) is 13.7 Å². The predicted molar refractivity (Wildman–Crippen MR) is 141 cm³/mol. The minimum atomic E-state index is -0.778. The number of hydrogen-bond acceptors (Lipinski definition) is 10. The van der Waals surface area contributed by atoms with Crippen LogP contribution >= 0.6 is 0 Å². The monoisotopic (exact) mass is 537 g/mol. The molecule has 1 N–H and O–H groups in total. The average molecular weight is 538 g/mol. The van der Waals surface area contributed by atoms with Gasteiger partial charge in [-0.05, 0) is 49.8 Å². The second-order valence-corrected chi connectivity index (χ2v) is 9.51. The lowest BCUT2D eigenvalue weighted by Gasteiger charge is -2.20. The zero-order valence-electron chi connectivity index (χ0n) is 23.5. The zero-order chi connectivity index (χ0) is 28.5. The minimum absolute atomic E-state index is 0.113. The van der Waals surface area contributed by atoms with E-state index in [1.165, 1.54) is 7.11 Å². The summed E-state index contributed by atoms with van der Waals surface area (Å²) in [7, 11) is 1.28. The summed E-state index contributed by atoms with van der Waals surface area (Å²) in [4.78, 5) is 48.8. The summed E-state index contributed by atoms with van der Waals surface area (Å²) in [6, 6.07) is 4.03. The van der Waals surface area contributed by atoms with Gasteiger partial charge in [0.1, 0.15) is 12.1 Å². The van der Waals surface area contributed by atoms with Gasteiger partial charge in [0, 0.05) is 19.4 Å². The Balaban J connectivity index is 2.97. The number of nitrogens with one attached hydrogen (secondary N) is 1. The molecule has 0 aliphatic rings. The smallest absolute Gasteiger partial charge is 0.468 e. The van der Waals surface area contributed by atoms with Crippen LogP contribution in [0.5, 0.6) is 11.5 Å². The summed E-state index contributed by atoms with van der Waals surface area (Å²) >= 11 is 0. The normalized spacial score (nSPS) is 12.4. The molecule has 0 radical (unpaired) electrons. The van der Waals surface area contributed by atoms with Gasteiger partial charge in [0.15, 0.2) is 11.5 Å². The summed E-state index contributed by atoms with van der Waals surface area (Å²) in [5.41, 5.74) is 0.643. The first-order valence-corrected chi connectivity index (χ1v) is 13.3. The van der Waals surface area contributed by atoms with Gasteiger partial charge in [-0.15, -0.1) is 0 Å². The molecule has 1 unspecified atom stereocenters. The van der Waals surface area contributed by atoms with Gasteiger partial charge < -0.3 is 29.0 Å². The van der Waals surface area contributed by atoms with E-state index in [9.17, 15) is 19.2 Å². The highest BCUT2D eigenvalue weighted by atomic mass is 16.7. The Kier molecular flexibility index (Phi) is 15.7. The molecule has 214 valence electrons. The summed E-state index contributed by atoms with van der Waals surface area (Å²) in [6.45, 7) is 9.87. The Morgan fingerprint density at radius 3 is 2.05 bits per heavy atom. The average Bonchev–Trinajstić information content (AvgIpc) is 2.88. The molecule has 0 spiro atoms. The van der Waals surface area contributed by atoms with Crippen molar-refractivity contribution >= 4 is 24.1 Å². The summed E-state index contributed by atoms with van der Waals surface area (Å²) in [5.74, 6) is -0.933. The number of ether oxygens (including phenoxy) is 5. The summed E-state index contributed by atoms with van der Waals surface area (Å²) in [6.07, 6.45) is 2.35. The molecule has 38 heavy (non-hydrogen) atoms. The van der Waals surface area contributed by atoms with Crippen LogP contribution in [0.4, 0.5) is 4.79 Å². The fourth-order valence-corrected chi connectivity index (χ4v) is 3.23. The molecule has 0 aliphatic carbocycles. The number of methoxy groups -OCH3 is 1. The maximum atomic E-state index is 12.5. The van der Waals surface area contributed by atoms with E-state index < -0.39 is 36.2 Å². The molecule has 0 aliphatic heterocycles. The molecular weight excluding hydrogens is 494 g/mol. The van der Waals surface area contributed by atoms with E-state index in [0.29, 0.717) is 18.4 Å². The second-order valence-electron chi connectivity index (χ2n) is 9.51. The fraction of sp³-hybridized carbons (Fsp3) is 0.643. The molecule has 10 heteroatoms. The van der Waals surface area contributed by atoms with Gasteiger partial charge in [0.2, 0.25) is 0 Å². The number of carbonyl (C=O) groups excluding carboxylic acids is 4. The Hall–Kier alpha value is -3.14. The van der Waals surface area contributed by atoms with E-state index in [4.69, 9.17) is 23.7 Å². The van der Waals surface area contributed by atoms with Crippen molar-refractivity contribution in [2.24, 2.45) is 5.92 Å². The first-order valence-electron chi connectivity index (χ1n) is 13.3. The lowest BCUT2D eigenvalue weighted by atomic mass is 10.0. The number of esters is 3. The van der Waals surface area contributed by atoms with Crippen LogP contribution in [0.3, 0.4) is 0 Å². The minimum Gasteiger partial charge on any atom is -0.468 e. The molecule has 1 aromatic carbocycles. The van der Waals surface area contributed by atoms with Crippen LogP contribution in [0.15, 0.2) is 18.2 Å². The van der Waals surface area contributed by atoms with E-state index >= 15 is 0 Å². The van der Waals surface area contributed by atoms with Gasteiger partial charge in [0.25, 0.3) is 0 Å². The number of benzene rings is 1. The third kappa shape index (κ3) is 13.4. The Labute approximate surface area is 225 Å². The first-order chi connectivity index (χ1) is 18.1. The van der Waals surface area contributed by atoms with Crippen molar-refractivity contribution < 1.29 is 42.9 Å². The van der Waals surface area contributed by atoms with Gasteiger partial charge in [-0.3, -0.25) is 14.4 Å². The second kappa shape index (κ2) is 18.2. The van der Waals surface area contributed by atoms with Crippen LogP contribution in [0.1, 0.15) is 78.7 Å². The van der Waals surface area contributed by atoms with Crippen molar-refractivity contribution in [1.29, 1.82) is 0 Å². The lowest BCUT2D eigenvalue weighted by molar-refractivity contribution is -0.143. The van der Waals surface area contributed by atoms with Crippen molar-refractivity contribution in [2.45, 2.75) is 91.7 Å². The Morgan fingerprint density at radius 2 is 1.50 bits per heavy atom. The summed E-state index contributed by atoms with van der Waals surface area (Å²) < 4.78 is 26.1. The third-order valence-corrected chi connectivity index (χ3v) is 5.33. The Bertz CT molecular complexity index is 900. The van der Waals surface area contributed by atoms with Gasteiger partial charge >= 0.3 is 24.1 Å². The van der Waals surface area contributed by atoms with E-state index in [2.05, 4.69) is 5.32 Å². The standard InChI is InChI=1S/C28H43NO9/c1-7-9-11-25(30)37-23-14-13-21(16-24(23)38-26(31)12-10-8-2)15-22(27(32)34-6)29-17-20(5)36-28(33)35-18-19(3)4/h13-14,16,19-20,22,29H,7-12,15,17-18H2,1-6H3/t20?,22-/m0/s1. The molecule has 0 fully saturated rings. The largest absolute Gasteiger partial charge is 0.508 e. The van der Waals surface area contributed by atoms with E-state index in [1.54, 1.807) is 25.1 Å². The molecule has 0 heterocycles. The van der Waals surface area contributed by atoms with Crippen LogP contribution in [0.25, 0.3) is 0 Å². The Morgan fingerprint density at radius 1 is 0.895 bits per heavy atom. The number of hydrogen-bond donors (Lipinski definition) is 1. The first kappa shape index (κ1) is 32.9. The molecule has 0 saturated carbocycles. The highest BCUT2D eigenvalue weighted by Gasteiger charge is 2.23. The maximum absolute atomic E-state index is 12.5. The zero-order valence-corrected chi connectivity index (χ0v) is 23.5. The SMILES string of the molecule is CCCCC(=O)Oc1ccc(C[C@H](NCC(C)OC(=O)OCC(C)C)C(=O)OC)cc1OC(=O)CCCC. The molecule has 1 rings (SSSR count). The van der Waals surface area contributed by atoms with Crippen molar-refractivity contribution in [1.82, 2.24) is 5.32 Å². The van der Waals surface area contributed by atoms with Crippen molar-refractivity contribution in [3.05, 3.63) is 23.8 Å². The number of unbranched alkanes of at least 4 members (excludes halogenated alkanes) is 2. The van der Waals surface area contributed by atoms with Crippen LogP contribution < -0.4 is 14.8 Å². The van der Waals surface area contributed by atoms with Gasteiger partial charge in [-0.2, -0.15) is 0 Å². The van der Waals surface area contributed by atoms with Crippen molar-refractivity contribution in [3.8, 4) is 11.5 Å². The van der Waals surface area contributed by atoms with Crippen LogP contribution in [0.2, 0.25) is 0 Å². The van der Waals surface area contributed by atoms with E-state index in [1.807, 2.05) is 27.7 Å². The number of carbonyl (C=O) groups is 4. The molecule has 0 amide bonds. The molecule has 0 bridgehead atoms. The molecule has 0 saturated heterocycles. The van der Waals surface area contributed by atoms with Gasteiger partial charge in [-0.1, -0.05) is 46.6 Å². The topological polar surface area (TPSA) is 126 Å². The van der Waals surface area contributed by atoms with Gasteiger partial charge in [-0.25, -0.2) is 4.79 Å². The molecule has 0 aromatic heterocycles. The van der Waals surface area contributed by atoms with Crippen molar-refractivity contribution in [3.63, 3.8) is 0 Å². The maximum Gasteiger partial charge on any atom is 0.508 e. The molecular formula is C28H43NO9. The quantitative estimate of drug-likeness (QED) is 0.220. The fourth-order valence-electron chi connectivity index (χ4n) is 3.23. The predicted octanol–water partition coefficient (Wildman–Crippen LogP) is 4.75. The van der Waals surface area contributed by atoms with Crippen LogP contribution in [-0.4, -0.2) is 56.5 Å². The highest BCUT2D eigenvalue weighted by molar-refractivity contribution is 5.77. The van der Waals surface area contributed by atoms with E-state index in [0.717, 1.165) is 12.8 Å². The van der Waals surface area contributed by atoms with Crippen LogP contribution in [-0.2, 0) is 35.0 Å². The van der Waals surface area contributed by atoms with Crippen molar-refractivity contribution in [2.75, 3.05) is 20.3 Å². The molecule has 1 aromatic rings. The molecule has 10 nitrogen and oxygen atoms in total. The van der Waals surface area contributed by atoms with E-state index in [-0.39, 0.29) is 49.8 Å². The lowest BCUT2D eigenvalue weighted by Crippen LogP contribution is -2.43. The molecule has 2 atom stereocenters.